The highest BCUT2D eigenvalue weighted by molar-refractivity contribution is 7.18. The molecule has 0 spiro atoms. The van der Waals surface area contributed by atoms with E-state index in [2.05, 4.69) is 33.8 Å². The van der Waals surface area contributed by atoms with E-state index >= 15 is 0 Å². The van der Waals surface area contributed by atoms with Crippen LogP contribution in [0.4, 0.5) is 11.5 Å². The van der Waals surface area contributed by atoms with E-state index in [0.29, 0.717) is 0 Å². The van der Waals surface area contributed by atoms with E-state index in [0.717, 1.165) is 42.5 Å². The van der Waals surface area contributed by atoms with Crippen molar-refractivity contribution in [3.05, 3.63) is 57.7 Å². The first kappa shape index (κ1) is 16.9. The number of piperazine rings is 1. The van der Waals surface area contributed by atoms with E-state index < -0.39 is 4.92 Å². The normalized spacial score (nSPS) is 16.7. The van der Waals surface area contributed by atoms with Crippen molar-refractivity contribution in [3.8, 4) is 0 Å². The molecule has 1 unspecified atom stereocenters. The number of fused-ring (bicyclic) bond motifs is 1. The molecule has 0 bridgehead atoms. The highest BCUT2D eigenvalue weighted by Crippen LogP contribution is 2.30. The zero-order valence-corrected chi connectivity index (χ0v) is 15.2. The quantitative estimate of drug-likeness (QED) is 0.518. The minimum absolute atomic E-state index is 0.0249. The number of hydrogen-bond acceptors (Lipinski definition) is 7. The SMILES string of the molecule is CC(c1nc2ccccc2s1)N1CCN(c2ccc([N+](=O)[O-])cn2)CC1. The zero-order valence-electron chi connectivity index (χ0n) is 14.4. The molecule has 2 aromatic heterocycles. The van der Waals surface area contributed by atoms with Crippen molar-refractivity contribution in [3.63, 3.8) is 0 Å². The maximum Gasteiger partial charge on any atom is 0.287 e. The number of pyridine rings is 1. The van der Waals surface area contributed by atoms with Gasteiger partial charge in [-0.1, -0.05) is 12.1 Å². The molecule has 0 N–H and O–H groups in total. The fraction of sp³-hybridized carbons (Fsp3) is 0.333. The Bertz CT molecular complexity index is 886. The summed E-state index contributed by atoms with van der Waals surface area (Å²) in [7, 11) is 0. The van der Waals surface area contributed by atoms with E-state index in [4.69, 9.17) is 4.98 Å². The van der Waals surface area contributed by atoms with Crippen LogP contribution >= 0.6 is 11.3 Å². The summed E-state index contributed by atoms with van der Waals surface area (Å²) in [6, 6.07) is 11.8. The average molecular weight is 369 g/mol. The second-order valence-electron chi connectivity index (χ2n) is 6.35. The van der Waals surface area contributed by atoms with Gasteiger partial charge in [-0.3, -0.25) is 15.0 Å². The third-order valence-corrected chi connectivity index (χ3v) is 6.00. The van der Waals surface area contributed by atoms with Gasteiger partial charge in [0.15, 0.2) is 0 Å². The van der Waals surface area contributed by atoms with Crippen molar-refractivity contribution in [1.82, 2.24) is 14.9 Å². The van der Waals surface area contributed by atoms with Gasteiger partial charge in [0.2, 0.25) is 0 Å². The average Bonchev–Trinajstić information content (AvgIpc) is 3.12. The van der Waals surface area contributed by atoms with Crippen molar-refractivity contribution >= 4 is 33.1 Å². The van der Waals surface area contributed by atoms with Crippen LogP contribution in [0.15, 0.2) is 42.6 Å². The monoisotopic (exact) mass is 369 g/mol. The molecule has 3 aromatic rings. The lowest BCUT2D eigenvalue weighted by atomic mass is 10.2. The highest BCUT2D eigenvalue weighted by atomic mass is 32.1. The van der Waals surface area contributed by atoms with Crippen molar-refractivity contribution in [1.29, 1.82) is 0 Å². The van der Waals surface area contributed by atoms with Crippen LogP contribution in [0.5, 0.6) is 0 Å². The summed E-state index contributed by atoms with van der Waals surface area (Å²) >= 11 is 1.76. The number of para-hydroxylation sites is 1. The largest absolute Gasteiger partial charge is 0.354 e. The van der Waals surface area contributed by atoms with Gasteiger partial charge < -0.3 is 4.90 Å². The van der Waals surface area contributed by atoms with Crippen molar-refractivity contribution in [2.45, 2.75) is 13.0 Å². The molecule has 4 rings (SSSR count). The Hall–Kier alpha value is -2.58. The summed E-state index contributed by atoms with van der Waals surface area (Å²) in [5, 5.41) is 11.9. The van der Waals surface area contributed by atoms with Crippen LogP contribution in [0.3, 0.4) is 0 Å². The first-order chi connectivity index (χ1) is 12.6. The Balaban J connectivity index is 1.41. The lowest BCUT2D eigenvalue weighted by molar-refractivity contribution is -0.385. The number of nitro groups is 1. The molecule has 0 saturated carbocycles. The van der Waals surface area contributed by atoms with Gasteiger partial charge in [0.1, 0.15) is 17.0 Å². The molecule has 1 fully saturated rings. The highest BCUT2D eigenvalue weighted by Gasteiger charge is 2.25. The van der Waals surface area contributed by atoms with Gasteiger partial charge in [-0.05, 0) is 25.1 Å². The summed E-state index contributed by atoms with van der Waals surface area (Å²) in [4.78, 5) is 23.9. The Morgan fingerprint density at radius 3 is 2.58 bits per heavy atom. The van der Waals surface area contributed by atoms with Crippen LogP contribution in [-0.4, -0.2) is 46.0 Å². The molecule has 8 heteroatoms. The van der Waals surface area contributed by atoms with Crippen LogP contribution in [0, 0.1) is 10.1 Å². The summed E-state index contributed by atoms with van der Waals surface area (Å²) in [6.07, 6.45) is 1.32. The number of thiazole rings is 1. The van der Waals surface area contributed by atoms with E-state index in [9.17, 15) is 10.1 Å². The number of rotatable bonds is 4. The fourth-order valence-electron chi connectivity index (χ4n) is 3.24. The number of nitrogens with zero attached hydrogens (tertiary/aromatic N) is 5. The van der Waals surface area contributed by atoms with E-state index in [1.807, 2.05) is 12.1 Å². The Morgan fingerprint density at radius 2 is 1.92 bits per heavy atom. The van der Waals surface area contributed by atoms with E-state index in [1.54, 1.807) is 17.4 Å². The molecule has 1 aromatic carbocycles. The standard InChI is InChI=1S/C18H19N5O2S/c1-13(18-20-15-4-2-3-5-16(15)26-18)21-8-10-22(11-9-21)17-7-6-14(12-19-17)23(24)25/h2-7,12-13H,8-11H2,1H3. The number of benzene rings is 1. The zero-order chi connectivity index (χ0) is 18.1. The molecule has 134 valence electrons. The fourth-order valence-corrected chi connectivity index (χ4v) is 4.29. The van der Waals surface area contributed by atoms with E-state index in [-0.39, 0.29) is 11.7 Å². The topological polar surface area (TPSA) is 75.4 Å². The van der Waals surface area contributed by atoms with Crippen LogP contribution in [0.25, 0.3) is 10.2 Å². The third kappa shape index (κ3) is 3.25. The molecule has 0 amide bonds. The summed E-state index contributed by atoms with van der Waals surface area (Å²) in [6.45, 7) is 5.73. The van der Waals surface area contributed by atoms with Crippen LogP contribution < -0.4 is 4.90 Å². The molecule has 7 nitrogen and oxygen atoms in total. The molecule has 1 atom stereocenters. The third-order valence-electron chi connectivity index (χ3n) is 4.80. The van der Waals surface area contributed by atoms with Crippen LogP contribution in [0.1, 0.15) is 18.0 Å². The maximum atomic E-state index is 10.7. The summed E-state index contributed by atoms with van der Waals surface area (Å²) in [5.41, 5.74) is 1.09. The van der Waals surface area contributed by atoms with Crippen molar-refractivity contribution in [2.24, 2.45) is 0 Å². The van der Waals surface area contributed by atoms with Gasteiger partial charge in [0, 0.05) is 32.2 Å². The number of aromatic nitrogens is 2. The van der Waals surface area contributed by atoms with Gasteiger partial charge in [-0.2, -0.15) is 0 Å². The summed E-state index contributed by atoms with van der Waals surface area (Å²) in [5.74, 6) is 0.794. The van der Waals surface area contributed by atoms with E-state index in [1.165, 1.54) is 17.0 Å². The molecule has 1 aliphatic rings. The minimum atomic E-state index is -0.422. The van der Waals surface area contributed by atoms with Gasteiger partial charge >= 0.3 is 0 Å². The lowest BCUT2D eigenvalue weighted by Crippen LogP contribution is -2.47. The second-order valence-corrected chi connectivity index (χ2v) is 7.41. The molecule has 0 radical (unpaired) electrons. The predicted octanol–water partition coefficient (Wildman–Crippen LogP) is 3.48. The van der Waals surface area contributed by atoms with Gasteiger partial charge in [-0.25, -0.2) is 9.97 Å². The predicted molar refractivity (Wildman–Crippen MR) is 103 cm³/mol. The van der Waals surface area contributed by atoms with Gasteiger partial charge in [0.05, 0.1) is 21.2 Å². The van der Waals surface area contributed by atoms with Crippen LogP contribution in [0.2, 0.25) is 0 Å². The van der Waals surface area contributed by atoms with Crippen molar-refractivity contribution < 1.29 is 4.92 Å². The van der Waals surface area contributed by atoms with Crippen molar-refractivity contribution in [2.75, 3.05) is 31.1 Å². The molecular weight excluding hydrogens is 350 g/mol. The molecule has 1 aliphatic heterocycles. The number of anilines is 1. The maximum absolute atomic E-state index is 10.7. The van der Waals surface area contributed by atoms with Gasteiger partial charge in [-0.15, -0.1) is 11.3 Å². The number of hydrogen-bond donors (Lipinski definition) is 0. The Labute approximate surface area is 155 Å². The Morgan fingerprint density at radius 1 is 1.15 bits per heavy atom. The molecule has 1 saturated heterocycles. The first-order valence-corrected chi connectivity index (χ1v) is 9.38. The lowest BCUT2D eigenvalue weighted by Gasteiger charge is -2.37. The first-order valence-electron chi connectivity index (χ1n) is 8.57. The molecular formula is C18H19N5O2S. The molecule has 26 heavy (non-hydrogen) atoms. The second kappa shape index (κ2) is 6.97. The summed E-state index contributed by atoms with van der Waals surface area (Å²) < 4.78 is 1.23. The molecule has 0 aliphatic carbocycles. The minimum Gasteiger partial charge on any atom is -0.354 e. The smallest absolute Gasteiger partial charge is 0.287 e. The van der Waals surface area contributed by atoms with Gasteiger partial charge in [0.25, 0.3) is 5.69 Å². The molecule has 3 heterocycles. The van der Waals surface area contributed by atoms with Crippen LogP contribution in [-0.2, 0) is 0 Å². The Kier molecular flexibility index (Phi) is 4.52.